The Bertz CT molecular complexity index is 620. The molecule has 122 valence electrons. The predicted octanol–water partition coefficient (Wildman–Crippen LogP) is 5.43. The Morgan fingerprint density at radius 2 is 1.35 bits per heavy atom. The van der Waals surface area contributed by atoms with E-state index in [-0.39, 0.29) is 11.5 Å². The van der Waals surface area contributed by atoms with Crippen LogP contribution in [0.3, 0.4) is 0 Å². The summed E-state index contributed by atoms with van der Waals surface area (Å²) in [6.07, 6.45) is 6.36. The van der Waals surface area contributed by atoms with Crippen molar-refractivity contribution in [2.45, 2.75) is 57.5 Å². The Kier molecular flexibility index (Phi) is 4.61. The number of hydrogen-bond donors (Lipinski definition) is 1. The first-order valence-electron chi connectivity index (χ1n) is 8.67. The number of aromatic hydroxyl groups is 1. The number of phenols is 1. The first kappa shape index (κ1) is 15.9. The van der Waals surface area contributed by atoms with Gasteiger partial charge < -0.3 is 9.84 Å². The minimum atomic E-state index is 0.0717. The number of rotatable bonds is 4. The molecule has 1 aliphatic carbocycles. The molecule has 0 heterocycles. The fraction of sp³-hybridized carbons (Fsp3) is 0.429. The van der Waals surface area contributed by atoms with E-state index >= 15 is 0 Å². The molecule has 0 saturated heterocycles. The Balaban J connectivity index is 1.97. The lowest BCUT2D eigenvalue weighted by molar-refractivity contribution is 0.242. The van der Waals surface area contributed by atoms with Gasteiger partial charge in [-0.2, -0.15) is 0 Å². The zero-order chi connectivity index (χ0) is 16.3. The van der Waals surface area contributed by atoms with Crippen LogP contribution < -0.4 is 4.74 Å². The summed E-state index contributed by atoms with van der Waals surface area (Å²) in [5.41, 5.74) is 2.74. The van der Waals surface area contributed by atoms with Gasteiger partial charge in [-0.05, 0) is 62.1 Å². The average molecular weight is 310 g/mol. The molecular formula is C21H26O2. The number of benzene rings is 2. The molecule has 0 aliphatic heterocycles. The van der Waals surface area contributed by atoms with Gasteiger partial charge in [0.05, 0.1) is 6.10 Å². The topological polar surface area (TPSA) is 29.5 Å². The van der Waals surface area contributed by atoms with E-state index in [4.69, 9.17) is 4.74 Å². The second-order valence-electron chi connectivity index (χ2n) is 6.88. The monoisotopic (exact) mass is 310 g/mol. The third kappa shape index (κ3) is 3.36. The third-order valence-electron chi connectivity index (χ3n) is 4.91. The van der Waals surface area contributed by atoms with Gasteiger partial charge in [0.1, 0.15) is 11.5 Å². The molecule has 23 heavy (non-hydrogen) atoms. The van der Waals surface area contributed by atoms with Gasteiger partial charge in [-0.25, -0.2) is 0 Å². The summed E-state index contributed by atoms with van der Waals surface area (Å²) in [5.74, 6) is 1.26. The molecule has 2 nitrogen and oxygen atoms in total. The SMILES string of the molecule is CC(C)Oc1ccc(C2(c3ccc(O)cc3)CCCCC2)cc1. The van der Waals surface area contributed by atoms with Crippen LogP contribution in [0.5, 0.6) is 11.5 Å². The van der Waals surface area contributed by atoms with Crippen molar-refractivity contribution >= 4 is 0 Å². The first-order valence-corrected chi connectivity index (χ1v) is 8.67. The van der Waals surface area contributed by atoms with E-state index < -0.39 is 0 Å². The molecule has 0 spiro atoms. The summed E-state index contributed by atoms with van der Waals surface area (Å²) in [6, 6.07) is 16.4. The smallest absolute Gasteiger partial charge is 0.119 e. The van der Waals surface area contributed by atoms with Crippen molar-refractivity contribution in [3.63, 3.8) is 0 Å². The van der Waals surface area contributed by atoms with Gasteiger partial charge in [0, 0.05) is 5.41 Å². The maximum atomic E-state index is 9.61. The average Bonchev–Trinajstić information content (AvgIpc) is 2.56. The highest BCUT2D eigenvalue weighted by Crippen LogP contribution is 2.45. The summed E-state index contributed by atoms with van der Waals surface area (Å²) in [6.45, 7) is 4.10. The molecular weight excluding hydrogens is 284 g/mol. The van der Waals surface area contributed by atoms with E-state index in [1.807, 2.05) is 26.0 Å². The van der Waals surface area contributed by atoms with Crippen LogP contribution in [0.4, 0.5) is 0 Å². The second kappa shape index (κ2) is 6.66. The summed E-state index contributed by atoms with van der Waals surface area (Å²) < 4.78 is 5.78. The quantitative estimate of drug-likeness (QED) is 0.816. The van der Waals surface area contributed by atoms with Crippen molar-refractivity contribution < 1.29 is 9.84 Å². The zero-order valence-corrected chi connectivity index (χ0v) is 14.1. The lowest BCUT2D eigenvalue weighted by Gasteiger charge is -2.38. The summed E-state index contributed by atoms with van der Waals surface area (Å²) in [5, 5.41) is 9.61. The normalized spacial score (nSPS) is 17.2. The lowest BCUT2D eigenvalue weighted by atomic mass is 9.65. The van der Waals surface area contributed by atoms with E-state index in [1.165, 1.54) is 43.2 Å². The molecule has 0 bridgehead atoms. The third-order valence-corrected chi connectivity index (χ3v) is 4.91. The number of phenolic OH excluding ortho intramolecular Hbond substituents is 1. The van der Waals surface area contributed by atoms with E-state index in [0.717, 1.165) is 5.75 Å². The van der Waals surface area contributed by atoms with Crippen molar-refractivity contribution in [2.24, 2.45) is 0 Å². The molecule has 3 rings (SSSR count). The van der Waals surface area contributed by atoms with E-state index in [9.17, 15) is 5.11 Å². The van der Waals surface area contributed by atoms with Gasteiger partial charge >= 0.3 is 0 Å². The predicted molar refractivity (Wildman–Crippen MR) is 94.2 cm³/mol. The van der Waals surface area contributed by atoms with Crippen LogP contribution in [0.15, 0.2) is 48.5 Å². The number of ether oxygens (including phenoxy) is 1. The molecule has 2 heteroatoms. The van der Waals surface area contributed by atoms with Crippen LogP contribution in [0.25, 0.3) is 0 Å². The van der Waals surface area contributed by atoms with Gasteiger partial charge in [-0.1, -0.05) is 43.5 Å². The maximum Gasteiger partial charge on any atom is 0.119 e. The zero-order valence-electron chi connectivity index (χ0n) is 14.1. The summed E-state index contributed by atoms with van der Waals surface area (Å²) in [7, 11) is 0. The molecule has 1 saturated carbocycles. The van der Waals surface area contributed by atoms with Gasteiger partial charge in [0.25, 0.3) is 0 Å². The van der Waals surface area contributed by atoms with Crippen LogP contribution in [-0.2, 0) is 5.41 Å². The molecule has 0 aromatic heterocycles. The highest BCUT2D eigenvalue weighted by molar-refractivity contribution is 5.43. The fourth-order valence-corrected chi connectivity index (χ4v) is 3.80. The maximum absolute atomic E-state index is 9.61. The van der Waals surface area contributed by atoms with Crippen LogP contribution in [0, 0.1) is 0 Å². The molecule has 2 aromatic carbocycles. The Morgan fingerprint density at radius 1 is 0.826 bits per heavy atom. The summed E-state index contributed by atoms with van der Waals surface area (Å²) in [4.78, 5) is 0. The molecule has 1 aliphatic rings. The Labute approximate surface area is 139 Å². The molecule has 0 radical (unpaired) electrons. The van der Waals surface area contributed by atoms with Crippen molar-refractivity contribution in [2.75, 3.05) is 0 Å². The van der Waals surface area contributed by atoms with Crippen molar-refractivity contribution in [3.8, 4) is 11.5 Å². The first-order chi connectivity index (χ1) is 11.1. The molecule has 0 atom stereocenters. The van der Waals surface area contributed by atoms with Crippen LogP contribution in [0.1, 0.15) is 57.1 Å². The second-order valence-corrected chi connectivity index (χ2v) is 6.88. The molecule has 1 fully saturated rings. The van der Waals surface area contributed by atoms with Crippen molar-refractivity contribution in [1.29, 1.82) is 0 Å². The van der Waals surface area contributed by atoms with Crippen molar-refractivity contribution in [3.05, 3.63) is 59.7 Å². The van der Waals surface area contributed by atoms with E-state index in [1.54, 1.807) is 0 Å². The van der Waals surface area contributed by atoms with E-state index in [2.05, 4.69) is 36.4 Å². The van der Waals surface area contributed by atoms with Gasteiger partial charge in [-0.15, -0.1) is 0 Å². The lowest BCUT2D eigenvalue weighted by Crippen LogP contribution is -2.30. The van der Waals surface area contributed by atoms with Gasteiger partial charge in [-0.3, -0.25) is 0 Å². The van der Waals surface area contributed by atoms with Gasteiger partial charge in [0.2, 0.25) is 0 Å². The highest BCUT2D eigenvalue weighted by Gasteiger charge is 2.35. The summed E-state index contributed by atoms with van der Waals surface area (Å²) >= 11 is 0. The molecule has 1 N–H and O–H groups in total. The Hall–Kier alpha value is -1.96. The van der Waals surface area contributed by atoms with Crippen molar-refractivity contribution in [1.82, 2.24) is 0 Å². The molecule has 0 unspecified atom stereocenters. The van der Waals surface area contributed by atoms with E-state index in [0.29, 0.717) is 5.75 Å². The Morgan fingerprint density at radius 3 is 1.87 bits per heavy atom. The standard InChI is InChI=1S/C21H26O2/c1-16(2)23-20-12-8-18(9-13-20)21(14-4-3-5-15-21)17-6-10-19(22)11-7-17/h6-13,16,22H,3-5,14-15H2,1-2H3. The highest BCUT2D eigenvalue weighted by atomic mass is 16.5. The number of hydrogen-bond acceptors (Lipinski definition) is 2. The molecule has 2 aromatic rings. The van der Waals surface area contributed by atoms with Crippen LogP contribution in [0.2, 0.25) is 0 Å². The van der Waals surface area contributed by atoms with Crippen LogP contribution in [-0.4, -0.2) is 11.2 Å². The fourth-order valence-electron chi connectivity index (χ4n) is 3.80. The minimum absolute atomic E-state index is 0.0717. The molecule has 0 amide bonds. The van der Waals surface area contributed by atoms with Gasteiger partial charge in [0.15, 0.2) is 0 Å². The largest absolute Gasteiger partial charge is 0.508 e. The van der Waals surface area contributed by atoms with Crippen LogP contribution >= 0.6 is 0 Å². The minimum Gasteiger partial charge on any atom is -0.508 e.